The maximum Gasteiger partial charge on any atom is 0.177 e. The first-order chi connectivity index (χ1) is 7.48. The van der Waals surface area contributed by atoms with E-state index in [0.29, 0.717) is 5.69 Å². The number of rotatable bonds is 2. The molecular weight excluding hydrogens is 229 g/mol. The number of halogens is 1. The zero-order valence-corrected chi connectivity index (χ0v) is 9.93. The molecule has 0 N–H and O–H groups in total. The van der Waals surface area contributed by atoms with Gasteiger partial charge in [0.25, 0.3) is 0 Å². The first-order valence-corrected chi connectivity index (χ1v) is 7.12. The van der Waals surface area contributed by atoms with Crippen LogP contribution in [0.2, 0.25) is 0 Å². The molecule has 0 bridgehead atoms. The summed E-state index contributed by atoms with van der Waals surface area (Å²) < 4.78 is 36.3. The highest BCUT2D eigenvalue weighted by atomic mass is 32.2. The summed E-state index contributed by atoms with van der Waals surface area (Å²) in [6.07, 6.45) is 3.21. The lowest BCUT2D eigenvalue weighted by Gasteiger charge is -2.20. The molecule has 1 aromatic rings. The molecule has 2 rings (SSSR count). The Kier molecular flexibility index (Phi) is 2.88. The third-order valence-electron chi connectivity index (χ3n) is 2.77. The summed E-state index contributed by atoms with van der Waals surface area (Å²) in [7, 11) is -3.30. The van der Waals surface area contributed by atoms with Gasteiger partial charge in [-0.1, -0.05) is 0 Å². The molecule has 0 amide bonds. The van der Waals surface area contributed by atoms with Crippen molar-refractivity contribution in [3.8, 4) is 0 Å². The third kappa shape index (κ3) is 2.19. The number of sulfone groups is 1. The molecule has 0 spiro atoms. The molecular formula is C11H14FNO2S. The third-order valence-corrected chi connectivity index (χ3v) is 3.91. The monoisotopic (exact) mass is 243 g/mol. The number of hydrogen-bond donors (Lipinski definition) is 0. The zero-order chi connectivity index (χ0) is 11.8. The van der Waals surface area contributed by atoms with Gasteiger partial charge in [-0.15, -0.1) is 0 Å². The van der Waals surface area contributed by atoms with Crippen LogP contribution in [0.4, 0.5) is 10.1 Å². The second-order valence-electron chi connectivity index (χ2n) is 4.08. The molecule has 0 aromatic heterocycles. The first kappa shape index (κ1) is 11.4. The zero-order valence-electron chi connectivity index (χ0n) is 9.11. The van der Waals surface area contributed by atoms with Gasteiger partial charge in [-0.05, 0) is 31.0 Å². The van der Waals surface area contributed by atoms with E-state index in [1.165, 1.54) is 18.2 Å². The van der Waals surface area contributed by atoms with E-state index in [2.05, 4.69) is 0 Å². The molecule has 1 saturated heterocycles. The van der Waals surface area contributed by atoms with Crippen LogP contribution >= 0.6 is 0 Å². The molecule has 0 radical (unpaired) electrons. The van der Waals surface area contributed by atoms with Gasteiger partial charge in [-0.2, -0.15) is 0 Å². The second kappa shape index (κ2) is 4.05. The lowest BCUT2D eigenvalue weighted by molar-refractivity contribution is 0.600. The van der Waals surface area contributed by atoms with Gasteiger partial charge in [0.05, 0.1) is 10.6 Å². The number of nitrogens with zero attached hydrogens (tertiary/aromatic N) is 1. The molecule has 88 valence electrons. The van der Waals surface area contributed by atoms with Gasteiger partial charge in [0.15, 0.2) is 9.84 Å². The molecule has 1 aliphatic heterocycles. The van der Waals surface area contributed by atoms with E-state index >= 15 is 0 Å². The first-order valence-electron chi connectivity index (χ1n) is 5.23. The lowest BCUT2D eigenvalue weighted by atomic mass is 10.3. The van der Waals surface area contributed by atoms with E-state index in [1.54, 1.807) is 0 Å². The molecule has 0 atom stereocenters. The number of hydrogen-bond acceptors (Lipinski definition) is 3. The molecule has 1 heterocycles. The van der Waals surface area contributed by atoms with Crippen molar-refractivity contribution in [3.63, 3.8) is 0 Å². The normalized spacial score (nSPS) is 16.8. The Labute approximate surface area is 94.8 Å². The molecule has 3 nitrogen and oxygen atoms in total. The Morgan fingerprint density at radius 2 is 1.88 bits per heavy atom. The van der Waals surface area contributed by atoms with Crippen molar-refractivity contribution < 1.29 is 12.8 Å². The van der Waals surface area contributed by atoms with Crippen LogP contribution in [0, 0.1) is 5.82 Å². The topological polar surface area (TPSA) is 37.4 Å². The van der Waals surface area contributed by atoms with Crippen LogP contribution in [-0.4, -0.2) is 27.8 Å². The van der Waals surface area contributed by atoms with Crippen molar-refractivity contribution in [2.45, 2.75) is 17.7 Å². The quantitative estimate of drug-likeness (QED) is 0.744. The Balaban J connectivity index is 2.52. The average Bonchev–Trinajstić information content (AvgIpc) is 2.68. The Bertz CT molecular complexity index is 493. The molecule has 1 fully saturated rings. The Morgan fingerprint density at radius 3 is 2.44 bits per heavy atom. The summed E-state index contributed by atoms with van der Waals surface area (Å²) in [4.78, 5) is 2.15. The summed E-state index contributed by atoms with van der Waals surface area (Å²) in [6.45, 7) is 1.60. The molecule has 1 aromatic carbocycles. The van der Waals surface area contributed by atoms with Crippen molar-refractivity contribution in [3.05, 3.63) is 24.0 Å². The van der Waals surface area contributed by atoms with Crippen molar-refractivity contribution in [2.75, 3.05) is 24.2 Å². The predicted molar refractivity (Wildman–Crippen MR) is 61.0 cm³/mol. The van der Waals surface area contributed by atoms with Gasteiger partial charge in [0.2, 0.25) is 0 Å². The fourth-order valence-corrected chi connectivity index (χ4v) is 2.89. The maximum atomic E-state index is 13.2. The highest BCUT2D eigenvalue weighted by Crippen LogP contribution is 2.28. The lowest BCUT2D eigenvalue weighted by Crippen LogP contribution is -2.20. The molecule has 1 aliphatic rings. The summed E-state index contributed by atoms with van der Waals surface area (Å²) >= 11 is 0. The van der Waals surface area contributed by atoms with Gasteiger partial charge in [0.1, 0.15) is 5.82 Å². The smallest absolute Gasteiger partial charge is 0.177 e. The van der Waals surface area contributed by atoms with E-state index in [-0.39, 0.29) is 4.90 Å². The van der Waals surface area contributed by atoms with Gasteiger partial charge < -0.3 is 4.90 Å². The predicted octanol–water partition coefficient (Wildman–Crippen LogP) is 1.83. The molecule has 0 aliphatic carbocycles. The Morgan fingerprint density at radius 1 is 1.25 bits per heavy atom. The maximum absolute atomic E-state index is 13.2. The van der Waals surface area contributed by atoms with Crippen LogP contribution in [0.25, 0.3) is 0 Å². The van der Waals surface area contributed by atoms with Crippen LogP contribution in [0.3, 0.4) is 0 Å². The van der Waals surface area contributed by atoms with E-state index in [4.69, 9.17) is 0 Å². The minimum Gasteiger partial charge on any atom is -0.370 e. The summed E-state index contributed by atoms with van der Waals surface area (Å²) in [5.74, 6) is -0.394. The Hall–Kier alpha value is -1.10. The summed E-state index contributed by atoms with van der Waals surface area (Å²) in [6, 6.07) is 3.84. The minimum absolute atomic E-state index is 0.218. The van der Waals surface area contributed by atoms with Gasteiger partial charge in [-0.3, -0.25) is 0 Å². The minimum atomic E-state index is -3.30. The number of anilines is 1. The average molecular weight is 243 g/mol. The highest BCUT2D eigenvalue weighted by Gasteiger charge is 2.21. The molecule has 0 unspecified atom stereocenters. The fourth-order valence-electron chi connectivity index (χ4n) is 2.01. The molecule has 5 heteroatoms. The van der Waals surface area contributed by atoms with Crippen molar-refractivity contribution in [1.82, 2.24) is 0 Å². The van der Waals surface area contributed by atoms with Crippen LogP contribution in [0.1, 0.15) is 12.8 Å². The highest BCUT2D eigenvalue weighted by molar-refractivity contribution is 7.90. The number of benzene rings is 1. The molecule has 16 heavy (non-hydrogen) atoms. The van der Waals surface area contributed by atoms with Gasteiger partial charge in [-0.25, -0.2) is 12.8 Å². The summed E-state index contributed by atoms with van der Waals surface area (Å²) in [5, 5.41) is 0. The van der Waals surface area contributed by atoms with E-state index in [9.17, 15) is 12.8 Å². The standard InChI is InChI=1S/C11H14FNO2S/c1-16(14,15)11-5-4-9(12)8-10(11)13-6-2-3-7-13/h4-5,8H,2-3,6-7H2,1H3. The fraction of sp³-hybridized carbons (Fsp3) is 0.455. The van der Waals surface area contributed by atoms with Gasteiger partial charge >= 0.3 is 0 Å². The van der Waals surface area contributed by atoms with Crippen LogP contribution in [0.5, 0.6) is 0 Å². The van der Waals surface area contributed by atoms with Crippen molar-refractivity contribution in [2.24, 2.45) is 0 Å². The largest absolute Gasteiger partial charge is 0.370 e. The van der Waals surface area contributed by atoms with Crippen molar-refractivity contribution in [1.29, 1.82) is 0 Å². The van der Waals surface area contributed by atoms with Crippen molar-refractivity contribution >= 4 is 15.5 Å². The summed E-state index contributed by atoms with van der Waals surface area (Å²) in [5.41, 5.74) is 0.500. The molecule has 0 saturated carbocycles. The van der Waals surface area contributed by atoms with Crippen LogP contribution in [-0.2, 0) is 9.84 Å². The van der Waals surface area contributed by atoms with Crippen LogP contribution in [0.15, 0.2) is 23.1 Å². The SMILES string of the molecule is CS(=O)(=O)c1ccc(F)cc1N1CCCC1. The van der Waals surface area contributed by atoms with E-state index in [1.807, 2.05) is 4.90 Å². The van der Waals surface area contributed by atoms with E-state index in [0.717, 1.165) is 32.2 Å². The van der Waals surface area contributed by atoms with E-state index < -0.39 is 15.7 Å². The second-order valence-corrected chi connectivity index (χ2v) is 6.06. The van der Waals surface area contributed by atoms with Crippen LogP contribution < -0.4 is 4.90 Å². The van der Waals surface area contributed by atoms with Gasteiger partial charge in [0, 0.05) is 19.3 Å².